The fraction of sp³-hybridized carbons (Fsp3) is 0.765. The minimum atomic E-state index is -1.32. The molecule has 0 spiro atoms. The number of nitrogens with one attached hydrogen (secondary N) is 1. The second kappa shape index (κ2) is 9.10. The fourth-order valence-corrected chi connectivity index (χ4v) is 2.88. The van der Waals surface area contributed by atoms with Gasteiger partial charge in [-0.05, 0) is 38.7 Å². The summed E-state index contributed by atoms with van der Waals surface area (Å²) in [6, 6.07) is 0.860. The van der Waals surface area contributed by atoms with Gasteiger partial charge in [-0.15, -0.1) is 0 Å². The van der Waals surface area contributed by atoms with Crippen LogP contribution in [0.3, 0.4) is 0 Å². The molecule has 0 radical (unpaired) electrons. The molecule has 0 saturated heterocycles. The lowest BCUT2D eigenvalue weighted by Gasteiger charge is -2.31. The number of alkyl carbamates (subject to hydrolysis) is 1. The van der Waals surface area contributed by atoms with E-state index in [4.69, 9.17) is 4.74 Å². The molecule has 0 unspecified atom stereocenters. The highest BCUT2D eigenvalue weighted by molar-refractivity contribution is 6.76. The predicted octanol–water partition coefficient (Wildman–Crippen LogP) is 4.28. The number of allylic oxidation sites excluding steroid dienone is 1. The van der Waals surface area contributed by atoms with Gasteiger partial charge in [-0.25, -0.2) is 9.59 Å². The molecule has 0 aromatic rings. The topological polar surface area (TPSA) is 75.6 Å². The van der Waals surface area contributed by atoms with Gasteiger partial charge >= 0.3 is 12.1 Å². The molecule has 1 atom stereocenters. The average molecular weight is 344 g/mol. The van der Waals surface area contributed by atoms with Crippen LogP contribution in [0.25, 0.3) is 0 Å². The quantitative estimate of drug-likeness (QED) is 0.484. The highest BCUT2D eigenvalue weighted by atomic mass is 28.3. The van der Waals surface area contributed by atoms with E-state index in [1.165, 1.54) is 0 Å². The van der Waals surface area contributed by atoms with Crippen LogP contribution in [-0.2, 0) is 9.53 Å². The number of ether oxygens (including phenoxy) is 1. The summed E-state index contributed by atoms with van der Waals surface area (Å²) >= 11 is 0. The summed E-state index contributed by atoms with van der Waals surface area (Å²) < 4.78 is 5.21. The third kappa shape index (κ3) is 9.43. The van der Waals surface area contributed by atoms with Crippen molar-refractivity contribution in [3.05, 3.63) is 11.6 Å². The van der Waals surface area contributed by atoms with Crippen LogP contribution in [0.1, 0.15) is 40.5 Å². The van der Waals surface area contributed by atoms with Crippen molar-refractivity contribution in [2.45, 2.75) is 71.8 Å². The van der Waals surface area contributed by atoms with Crippen LogP contribution in [-0.4, -0.2) is 37.4 Å². The molecule has 23 heavy (non-hydrogen) atoms. The molecule has 134 valence electrons. The number of hydrogen-bond donors (Lipinski definition) is 2. The molecule has 0 heterocycles. The van der Waals surface area contributed by atoms with Crippen molar-refractivity contribution < 1.29 is 19.4 Å². The molecule has 0 bridgehead atoms. The molecule has 0 aliphatic heterocycles. The minimum absolute atomic E-state index is 0.138. The highest BCUT2D eigenvalue weighted by Crippen LogP contribution is 2.23. The smallest absolute Gasteiger partial charge is 0.408 e. The van der Waals surface area contributed by atoms with Crippen LogP contribution in [0.15, 0.2) is 11.6 Å². The van der Waals surface area contributed by atoms with Gasteiger partial charge in [0.2, 0.25) is 0 Å². The van der Waals surface area contributed by atoms with Crippen LogP contribution >= 0.6 is 0 Å². The Morgan fingerprint density at radius 2 is 1.83 bits per heavy atom. The van der Waals surface area contributed by atoms with Crippen molar-refractivity contribution >= 4 is 20.1 Å². The van der Waals surface area contributed by atoms with Gasteiger partial charge < -0.3 is 15.2 Å². The molecular weight excluding hydrogens is 310 g/mol. The Kier molecular flexibility index (Phi) is 8.59. The van der Waals surface area contributed by atoms with Gasteiger partial charge in [0.05, 0.1) is 6.61 Å². The fourth-order valence-electron chi connectivity index (χ4n) is 2.17. The van der Waals surface area contributed by atoms with Crippen LogP contribution in [0, 0.1) is 5.92 Å². The van der Waals surface area contributed by atoms with Gasteiger partial charge in [0, 0.05) is 8.07 Å². The van der Waals surface area contributed by atoms with Crippen molar-refractivity contribution in [3.63, 3.8) is 0 Å². The first-order chi connectivity index (χ1) is 10.4. The van der Waals surface area contributed by atoms with Gasteiger partial charge in [0.25, 0.3) is 0 Å². The van der Waals surface area contributed by atoms with E-state index in [2.05, 4.69) is 25.0 Å². The third-order valence-electron chi connectivity index (χ3n) is 3.45. The Hall–Kier alpha value is -1.30. The lowest BCUT2D eigenvalue weighted by atomic mass is 9.85. The first-order valence-corrected chi connectivity index (χ1v) is 11.9. The second-order valence-corrected chi connectivity index (χ2v) is 13.7. The molecular formula is C17H33NO4Si. The van der Waals surface area contributed by atoms with Crippen molar-refractivity contribution in [3.8, 4) is 0 Å². The molecule has 0 aromatic heterocycles. The Bertz CT molecular complexity index is 436. The summed E-state index contributed by atoms with van der Waals surface area (Å²) in [5.41, 5.74) is -0.296. The number of carboxylic acids is 1. The van der Waals surface area contributed by atoms with E-state index in [0.717, 1.165) is 11.6 Å². The van der Waals surface area contributed by atoms with Crippen molar-refractivity contribution in [1.29, 1.82) is 0 Å². The van der Waals surface area contributed by atoms with E-state index < -0.39 is 25.7 Å². The minimum Gasteiger partial charge on any atom is -0.479 e. The SMILES string of the molecule is CC(C)=CC[C@](CC(C)C)(NC(=O)OCC[Si](C)(C)C)C(=O)O. The lowest BCUT2D eigenvalue weighted by molar-refractivity contribution is -0.145. The number of hydrogen-bond acceptors (Lipinski definition) is 3. The molecule has 0 aliphatic carbocycles. The summed E-state index contributed by atoms with van der Waals surface area (Å²) in [6.45, 7) is 14.6. The average Bonchev–Trinajstić information content (AvgIpc) is 2.33. The van der Waals surface area contributed by atoms with Gasteiger partial charge in [0.15, 0.2) is 0 Å². The van der Waals surface area contributed by atoms with Crippen molar-refractivity contribution in [2.75, 3.05) is 6.61 Å². The van der Waals surface area contributed by atoms with E-state index in [0.29, 0.717) is 13.0 Å². The predicted molar refractivity (Wildman–Crippen MR) is 96.5 cm³/mol. The third-order valence-corrected chi connectivity index (χ3v) is 5.16. The molecule has 6 heteroatoms. The zero-order chi connectivity index (χ0) is 18.3. The maximum atomic E-state index is 12.1. The number of rotatable bonds is 9. The van der Waals surface area contributed by atoms with Crippen molar-refractivity contribution in [2.24, 2.45) is 5.92 Å². The molecule has 0 saturated carbocycles. The lowest BCUT2D eigenvalue weighted by Crippen LogP contribution is -2.55. The summed E-state index contributed by atoms with van der Waals surface area (Å²) in [5.74, 6) is -0.884. The van der Waals surface area contributed by atoms with Crippen LogP contribution < -0.4 is 5.32 Å². The zero-order valence-electron chi connectivity index (χ0n) is 15.7. The van der Waals surface area contributed by atoms with Gasteiger partial charge in [-0.3, -0.25) is 0 Å². The Balaban J connectivity index is 5.01. The van der Waals surface area contributed by atoms with E-state index in [9.17, 15) is 14.7 Å². The van der Waals surface area contributed by atoms with Gasteiger partial charge in [-0.2, -0.15) is 0 Å². The molecule has 0 aliphatic rings. The number of aliphatic carboxylic acids is 1. The van der Waals surface area contributed by atoms with Crippen LogP contribution in [0.5, 0.6) is 0 Å². The number of carboxylic acid groups (broad SMARTS) is 1. The van der Waals surface area contributed by atoms with Crippen molar-refractivity contribution in [1.82, 2.24) is 5.32 Å². The standard InChI is InChI=1S/C17H33NO4Si/c1-13(2)8-9-17(15(19)20,12-14(3)4)18-16(21)22-10-11-23(5,6)7/h8,14H,9-12H2,1-7H3,(H,18,21)(H,19,20)/t17-/m1/s1. The highest BCUT2D eigenvalue weighted by Gasteiger charge is 2.40. The Labute approximate surface area is 141 Å². The normalized spacial score (nSPS) is 14.1. The zero-order valence-corrected chi connectivity index (χ0v) is 16.7. The molecule has 0 aromatic carbocycles. The number of carbonyl (C=O) groups excluding carboxylic acids is 1. The molecule has 0 rings (SSSR count). The van der Waals surface area contributed by atoms with Gasteiger partial charge in [0.1, 0.15) is 5.54 Å². The second-order valence-electron chi connectivity index (χ2n) is 8.04. The summed E-state index contributed by atoms with van der Waals surface area (Å²) in [6.07, 6.45) is 1.81. The molecule has 0 fully saturated rings. The summed E-state index contributed by atoms with van der Waals surface area (Å²) in [4.78, 5) is 23.9. The Morgan fingerprint density at radius 1 is 1.26 bits per heavy atom. The number of amides is 1. The summed E-state index contributed by atoms with van der Waals surface area (Å²) in [5, 5.41) is 12.3. The number of carbonyl (C=O) groups is 2. The first-order valence-electron chi connectivity index (χ1n) is 8.20. The largest absolute Gasteiger partial charge is 0.479 e. The molecule has 1 amide bonds. The first kappa shape index (κ1) is 21.7. The van der Waals surface area contributed by atoms with Gasteiger partial charge in [-0.1, -0.05) is 45.1 Å². The Morgan fingerprint density at radius 3 is 2.22 bits per heavy atom. The van der Waals surface area contributed by atoms with E-state index in [1.807, 2.05) is 33.8 Å². The van der Waals surface area contributed by atoms with E-state index in [-0.39, 0.29) is 12.3 Å². The summed E-state index contributed by atoms with van der Waals surface area (Å²) in [7, 11) is -1.29. The van der Waals surface area contributed by atoms with Crippen LogP contribution in [0.2, 0.25) is 25.7 Å². The molecule has 2 N–H and O–H groups in total. The maximum absolute atomic E-state index is 12.1. The maximum Gasteiger partial charge on any atom is 0.408 e. The molecule has 5 nitrogen and oxygen atoms in total. The van der Waals surface area contributed by atoms with Crippen LogP contribution in [0.4, 0.5) is 4.79 Å². The van der Waals surface area contributed by atoms with E-state index >= 15 is 0 Å². The monoisotopic (exact) mass is 343 g/mol. The van der Waals surface area contributed by atoms with E-state index in [1.54, 1.807) is 0 Å².